The molecule has 0 aliphatic carbocycles. The summed E-state index contributed by atoms with van der Waals surface area (Å²) in [6.07, 6.45) is 0. The predicted octanol–water partition coefficient (Wildman–Crippen LogP) is 4.91. The van der Waals surface area contributed by atoms with Gasteiger partial charge in [-0.15, -0.1) is 19.6 Å². The van der Waals surface area contributed by atoms with Crippen molar-refractivity contribution in [1.29, 1.82) is 0 Å². The molecular weight excluding hydrogens is 371 g/mol. The summed E-state index contributed by atoms with van der Waals surface area (Å²) in [4.78, 5) is 17.1. The van der Waals surface area contributed by atoms with Crippen LogP contribution in [0.15, 0.2) is 0 Å². The Labute approximate surface area is 161 Å². The smallest absolute Gasteiger partial charge is 0.664 e. The molecule has 0 amide bonds. The quantitative estimate of drug-likeness (QED) is 0.422. The standard InChI is InChI=1S/C15H39N4Si3.V/c1-20(2,3)16-10-13-19(14-11-17-21(4,5)6)15-12-18-22(7,8)9;/h10-15H2,1-9H3;/q-3;+4. The van der Waals surface area contributed by atoms with Gasteiger partial charge in [0.15, 0.2) is 0 Å². The fourth-order valence-corrected chi connectivity index (χ4v) is 4.23. The van der Waals surface area contributed by atoms with Crippen LogP contribution < -0.4 is 0 Å². The van der Waals surface area contributed by atoms with Gasteiger partial charge in [-0.05, 0) is 19.6 Å². The largest absolute Gasteiger partial charge is 4.00 e. The zero-order valence-corrected chi connectivity index (χ0v) is 21.4. The van der Waals surface area contributed by atoms with Crippen LogP contribution in [0.4, 0.5) is 0 Å². The Bertz CT molecular complexity index is 251. The number of nitrogens with zero attached hydrogens (tertiary/aromatic N) is 4. The summed E-state index contributed by atoms with van der Waals surface area (Å²) in [5.41, 5.74) is 0. The van der Waals surface area contributed by atoms with Crippen molar-refractivity contribution in [3.05, 3.63) is 14.9 Å². The van der Waals surface area contributed by atoms with Crippen molar-refractivity contribution in [2.75, 3.05) is 39.3 Å². The molecule has 0 aliphatic rings. The van der Waals surface area contributed by atoms with E-state index in [0.717, 1.165) is 39.3 Å². The molecular formula is C15H39N4Si3V+. The second-order valence-electron chi connectivity index (χ2n) is 9.00. The van der Waals surface area contributed by atoms with E-state index >= 15 is 0 Å². The molecule has 0 N–H and O–H groups in total. The summed E-state index contributed by atoms with van der Waals surface area (Å²) in [6, 6.07) is 0. The summed E-state index contributed by atoms with van der Waals surface area (Å²) >= 11 is 0. The van der Waals surface area contributed by atoms with Gasteiger partial charge in [-0.3, -0.25) is 0 Å². The molecule has 135 valence electrons. The zero-order valence-electron chi connectivity index (χ0n) is 17.0. The van der Waals surface area contributed by atoms with Crippen molar-refractivity contribution in [3.8, 4) is 0 Å². The van der Waals surface area contributed by atoms with Gasteiger partial charge in [0.25, 0.3) is 0 Å². The first-order valence-corrected chi connectivity index (χ1v) is 18.9. The van der Waals surface area contributed by atoms with Crippen LogP contribution in [0.3, 0.4) is 0 Å². The molecule has 1 radical (unpaired) electrons. The van der Waals surface area contributed by atoms with E-state index in [1.165, 1.54) is 0 Å². The molecule has 0 rings (SSSR count). The van der Waals surface area contributed by atoms with Crippen LogP contribution in [0.5, 0.6) is 0 Å². The van der Waals surface area contributed by atoms with E-state index < -0.39 is 24.7 Å². The van der Waals surface area contributed by atoms with Crippen molar-refractivity contribution < 1.29 is 18.6 Å². The van der Waals surface area contributed by atoms with Crippen LogP contribution in [-0.2, 0) is 18.6 Å². The molecule has 0 spiro atoms. The monoisotopic (exact) mass is 410 g/mol. The molecule has 0 saturated carbocycles. The van der Waals surface area contributed by atoms with Gasteiger partial charge in [0.1, 0.15) is 0 Å². The summed E-state index contributed by atoms with van der Waals surface area (Å²) in [6.45, 7) is 26.8. The minimum Gasteiger partial charge on any atom is -0.664 e. The molecule has 0 aromatic heterocycles. The number of rotatable bonds is 12. The SMILES string of the molecule is C[Si](C)(C)[N-]CCN(CC[N-][Si](C)(C)C)CC[N-][Si](C)(C)C.[V+4]. The molecule has 0 atom stereocenters. The first-order chi connectivity index (χ1) is 9.79. The summed E-state index contributed by atoms with van der Waals surface area (Å²) in [5.74, 6) is 0. The van der Waals surface area contributed by atoms with E-state index in [-0.39, 0.29) is 18.6 Å². The molecule has 0 aromatic rings. The van der Waals surface area contributed by atoms with Gasteiger partial charge in [0.2, 0.25) is 0 Å². The molecule has 8 heteroatoms. The molecule has 0 aliphatic heterocycles. The first kappa shape index (κ1) is 26.3. The van der Waals surface area contributed by atoms with Crippen LogP contribution in [0, 0.1) is 0 Å². The molecule has 23 heavy (non-hydrogen) atoms. The molecule has 0 bridgehead atoms. The zero-order chi connectivity index (χ0) is 17.4. The predicted molar refractivity (Wildman–Crippen MR) is 111 cm³/mol. The van der Waals surface area contributed by atoms with Crippen LogP contribution >= 0.6 is 0 Å². The Kier molecular flexibility index (Phi) is 13.3. The first-order valence-electron chi connectivity index (χ1n) is 8.57. The molecule has 0 aromatic carbocycles. The second-order valence-corrected chi connectivity index (χ2v) is 23.0. The van der Waals surface area contributed by atoms with Crippen LogP contribution in [0.25, 0.3) is 14.9 Å². The van der Waals surface area contributed by atoms with Crippen molar-refractivity contribution in [2.45, 2.75) is 58.9 Å². The average Bonchev–Trinajstić information content (AvgIpc) is 2.23. The molecule has 0 fully saturated rings. The third kappa shape index (κ3) is 21.0. The van der Waals surface area contributed by atoms with E-state index in [1.807, 2.05) is 0 Å². The minimum atomic E-state index is -1.28. The summed E-state index contributed by atoms with van der Waals surface area (Å²) < 4.78 is 0. The van der Waals surface area contributed by atoms with Gasteiger partial charge in [-0.1, -0.05) is 83.6 Å². The molecule has 0 unspecified atom stereocenters. The van der Waals surface area contributed by atoms with E-state index in [2.05, 4.69) is 63.8 Å². The van der Waals surface area contributed by atoms with Crippen LogP contribution in [0.2, 0.25) is 58.9 Å². The Balaban J connectivity index is 0. The third-order valence-electron chi connectivity index (χ3n) is 3.01. The van der Waals surface area contributed by atoms with E-state index in [4.69, 9.17) is 14.9 Å². The maximum Gasteiger partial charge on any atom is 4.00 e. The molecule has 4 nitrogen and oxygen atoms in total. The van der Waals surface area contributed by atoms with Crippen molar-refractivity contribution >= 4 is 24.7 Å². The van der Waals surface area contributed by atoms with Gasteiger partial charge in [-0.2, -0.15) is 0 Å². The maximum atomic E-state index is 4.86. The van der Waals surface area contributed by atoms with Gasteiger partial charge in [0, 0.05) is 0 Å². The Morgan fingerprint density at radius 1 is 0.522 bits per heavy atom. The van der Waals surface area contributed by atoms with Crippen molar-refractivity contribution in [2.24, 2.45) is 0 Å². The average molecular weight is 411 g/mol. The van der Waals surface area contributed by atoms with E-state index in [0.29, 0.717) is 0 Å². The number of hydrogen-bond acceptors (Lipinski definition) is 1. The Morgan fingerprint density at radius 3 is 0.913 bits per heavy atom. The number of hydrogen-bond donors (Lipinski definition) is 0. The van der Waals surface area contributed by atoms with Gasteiger partial charge >= 0.3 is 18.6 Å². The third-order valence-corrected chi connectivity index (χ3v) is 6.52. The van der Waals surface area contributed by atoms with Gasteiger partial charge < -0.3 is 19.8 Å². The van der Waals surface area contributed by atoms with Crippen LogP contribution in [0.1, 0.15) is 0 Å². The summed E-state index contributed by atoms with van der Waals surface area (Å²) in [5, 5.41) is 0. The van der Waals surface area contributed by atoms with Crippen LogP contribution in [-0.4, -0.2) is 68.9 Å². The molecule has 0 saturated heterocycles. The fraction of sp³-hybridized carbons (Fsp3) is 1.00. The fourth-order valence-electron chi connectivity index (χ4n) is 1.92. The van der Waals surface area contributed by atoms with Crippen molar-refractivity contribution in [3.63, 3.8) is 0 Å². The normalized spacial score (nSPS) is 13.3. The molecule has 0 heterocycles. The second kappa shape index (κ2) is 11.6. The minimum absolute atomic E-state index is 0. The maximum absolute atomic E-state index is 4.86. The van der Waals surface area contributed by atoms with Gasteiger partial charge in [-0.25, -0.2) is 0 Å². The van der Waals surface area contributed by atoms with E-state index in [1.54, 1.807) is 0 Å². The van der Waals surface area contributed by atoms with E-state index in [9.17, 15) is 0 Å². The Hall–Kier alpha value is 1.08. The van der Waals surface area contributed by atoms with Gasteiger partial charge in [0.05, 0.1) is 0 Å². The van der Waals surface area contributed by atoms with Crippen molar-refractivity contribution in [1.82, 2.24) is 4.90 Å². The topological polar surface area (TPSA) is 45.5 Å². The summed E-state index contributed by atoms with van der Waals surface area (Å²) in [7, 11) is -3.84. The Morgan fingerprint density at radius 2 is 0.739 bits per heavy atom.